The van der Waals surface area contributed by atoms with Crippen molar-refractivity contribution >= 4 is 29.6 Å². The lowest BCUT2D eigenvalue weighted by Crippen LogP contribution is -2.56. The normalized spacial score (nSPS) is 18.7. The standard InChI is InChI=1S/C19H34N6O6/c1-11(23-17(28)12(21)7-8-15(22)26)16(27)24-13(5-2-3-9-20)18(29)25-10-4-6-14(25)19(30)31/h11-14H,2-10,20-21H2,1H3,(H2,22,26)(H,23,28)(H,24,27)(H,30,31)/t11-,12-,13-,14-/m0/s1. The second kappa shape index (κ2) is 12.8. The third kappa shape index (κ3) is 8.50. The molecule has 0 spiro atoms. The van der Waals surface area contributed by atoms with E-state index < -0.39 is 53.8 Å². The van der Waals surface area contributed by atoms with Crippen LogP contribution in [0.25, 0.3) is 0 Å². The fourth-order valence-electron chi connectivity index (χ4n) is 3.35. The predicted octanol–water partition coefficient (Wildman–Crippen LogP) is -2.23. The Balaban J connectivity index is 2.75. The Bertz CT molecular complexity index is 672. The maximum atomic E-state index is 13.0. The van der Waals surface area contributed by atoms with Gasteiger partial charge in [-0.25, -0.2) is 4.79 Å². The van der Waals surface area contributed by atoms with Crippen LogP contribution >= 0.6 is 0 Å². The molecule has 0 aromatic heterocycles. The lowest BCUT2D eigenvalue weighted by molar-refractivity contribution is -0.149. The van der Waals surface area contributed by atoms with Gasteiger partial charge < -0.3 is 37.8 Å². The maximum Gasteiger partial charge on any atom is 0.326 e. The fraction of sp³-hybridized carbons (Fsp3) is 0.737. The van der Waals surface area contributed by atoms with E-state index in [1.165, 1.54) is 11.8 Å². The zero-order valence-electron chi connectivity index (χ0n) is 17.8. The number of hydrogen-bond acceptors (Lipinski definition) is 7. The van der Waals surface area contributed by atoms with E-state index in [1.54, 1.807) is 0 Å². The molecule has 0 unspecified atom stereocenters. The molecule has 1 aliphatic heterocycles. The highest BCUT2D eigenvalue weighted by Crippen LogP contribution is 2.20. The highest BCUT2D eigenvalue weighted by molar-refractivity contribution is 5.94. The Morgan fingerprint density at radius 3 is 2.35 bits per heavy atom. The van der Waals surface area contributed by atoms with Crippen LogP contribution in [0.4, 0.5) is 0 Å². The molecule has 31 heavy (non-hydrogen) atoms. The van der Waals surface area contributed by atoms with Crippen molar-refractivity contribution in [2.24, 2.45) is 17.2 Å². The average Bonchev–Trinajstić information content (AvgIpc) is 3.20. The number of carboxylic acids is 1. The van der Waals surface area contributed by atoms with Crippen LogP contribution in [0.5, 0.6) is 0 Å². The molecule has 1 fully saturated rings. The molecule has 12 heteroatoms. The molecule has 1 aliphatic rings. The summed E-state index contributed by atoms with van der Waals surface area (Å²) in [4.78, 5) is 61.2. The summed E-state index contributed by atoms with van der Waals surface area (Å²) in [5.74, 6) is -3.36. The molecule has 0 aliphatic carbocycles. The van der Waals surface area contributed by atoms with E-state index in [-0.39, 0.29) is 12.8 Å². The zero-order valence-corrected chi connectivity index (χ0v) is 17.8. The molecular weight excluding hydrogens is 408 g/mol. The first-order valence-corrected chi connectivity index (χ1v) is 10.5. The molecular formula is C19H34N6O6. The maximum absolute atomic E-state index is 13.0. The van der Waals surface area contributed by atoms with Crippen molar-refractivity contribution in [3.63, 3.8) is 0 Å². The molecule has 4 atom stereocenters. The Morgan fingerprint density at radius 1 is 1.10 bits per heavy atom. The fourth-order valence-corrected chi connectivity index (χ4v) is 3.35. The molecule has 0 radical (unpaired) electrons. The molecule has 4 amide bonds. The molecule has 0 aromatic rings. The van der Waals surface area contributed by atoms with Crippen molar-refractivity contribution in [1.29, 1.82) is 0 Å². The van der Waals surface area contributed by atoms with Gasteiger partial charge in [-0.05, 0) is 52.0 Å². The van der Waals surface area contributed by atoms with Crippen LogP contribution < -0.4 is 27.8 Å². The number of rotatable bonds is 13. The lowest BCUT2D eigenvalue weighted by atomic mass is 10.1. The first kappa shape index (κ1) is 26.3. The third-order valence-corrected chi connectivity index (χ3v) is 5.17. The van der Waals surface area contributed by atoms with Crippen LogP contribution in [0, 0.1) is 0 Å². The van der Waals surface area contributed by atoms with Crippen molar-refractivity contribution in [2.75, 3.05) is 13.1 Å². The number of carboxylic acid groups (broad SMARTS) is 1. The quantitative estimate of drug-likeness (QED) is 0.171. The minimum Gasteiger partial charge on any atom is -0.480 e. The Hall–Kier alpha value is -2.73. The molecule has 12 nitrogen and oxygen atoms in total. The number of aliphatic carboxylic acids is 1. The summed E-state index contributed by atoms with van der Waals surface area (Å²) in [5.41, 5.74) is 16.2. The van der Waals surface area contributed by atoms with Crippen LogP contribution in [0.2, 0.25) is 0 Å². The second-order valence-corrected chi connectivity index (χ2v) is 7.72. The van der Waals surface area contributed by atoms with Crippen molar-refractivity contribution in [1.82, 2.24) is 15.5 Å². The van der Waals surface area contributed by atoms with Gasteiger partial charge in [-0.1, -0.05) is 0 Å². The molecule has 1 rings (SSSR count). The van der Waals surface area contributed by atoms with Crippen LogP contribution in [-0.4, -0.2) is 76.9 Å². The number of primary amides is 1. The van der Waals surface area contributed by atoms with E-state index in [9.17, 15) is 29.1 Å². The summed E-state index contributed by atoms with van der Waals surface area (Å²) in [6.45, 7) is 2.16. The van der Waals surface area contributed by atoms with E-state index in [1.807, 2.05) is 0 Å². The van der Waals surface area contributed by atoms with Gasteiger partial charge in [-0.15, -0.1) is 0 Å². The first-order valence-electron chi connectivity index (χ1n) is 10.5. The van der Waals surface area contributed by atoms with Crippen molar-refractivity contribution < 1.29 is 29.1 Å². The smallest absolute Gasteiger partial charge is 0.326 e. The number of nitrogens with one attached hydrogen (secondary N) is 2. The van der Waals surface area contributed by atoms with E-state index >= 15 is 0 Å². The Kier molecular flexibility index (Phi) is 10.9. The highest BCUT2D eigenvalue weighted by Gasteiger charge is 2.37. The monoisotopic (exact) mass is 442 g/mol. The van der Waals surface area contributed by atoms with E-state index in [4.69, 9.17) is 17.2 Å². The average molecular weight is 443 g/mol. The molecule has 176 valence electrons. The van der Waals surface area contributed by atoms with Crippen LogP contribution in [0.1, 0.15) is 51.9 Å². The number of hydrogen-bond donors (Lipinski definition) is 6. The van der Waals surface area contributed by atoms with Crippen LogP contribution in [0.3, 0.4) is 0 Å². The number of unbranched alkanes of at least 4 members (excludes halogenated alkanes) is 1. The van der Waals surface area contributed by atoms with E-state index in [0.29, 0.717) is 45.2 Å². The number of nitrogens with two attached hydrogens (primary N) is 3. The third-order valence-electron chi connectivity index (χ3n) is 5.17. The highest BCUT2D eigenvalue weighted by atomic mass is 16.4. The number of amides is 4. The molecule has 1 saturated heterocycles. The summed E-state index contributed by atoms with van der Waals surface area (Å²) in [7, 11) is 0. The second-order valence-electron chi connectivity index (χ2n) is 7.72. The predicted molar refractivity (Wildman–Crippen MR) is 111 cm³/mol. The van der Waals surface area contributed by atoms with Gasteiger partial charge in [-0.2, -0.15) is 0 Å². The zero-order chi connectivity index (χ0) is 23.6. The minimum atomic E-state index is -1.08. The number of nitrogens with zero attached hydrogens (tertiary/aromatic N) is 1. The van der Waals surface area contributed by atoms with Gasteiger partial charge in [0.1, 0.15) is 18.1 Å². The number of carbonyl (C=O) groups excluding carboxylic acids is 4. The van der Waals surface area contributed by atoms with Crippen molar-refractivity contribution in [3.05, 3.63) is 0 Å². The van der Waals surface area contributed by atoms with Gasteiger partial charge in [0.2, 0.25) is 23.6 Å². The summed E-state index contributed by atoms with van der Waals surface area (Å²) < 4.78 is 0. The summed E-state index contributed by atoms with van der Waals surface area (Å²) >= 11 is 0. The SMILES string of the molecule is C[C@H](NC(=O)[C@@H](N)CCC(N)=O)C(=O)N[C@@H](CCCCN)C(=O)N1CCC[C@H]1C(=O)O. The van der Waals surface area contributed by atoms with Gasteiger partial charge in [0.25, 0.3) is 0 Å². The molecule has 1 heterocycles. The van der Waals surface area contributed by atoms with Crippen molar-refractivity contribution in [2.45, 2.75) is 76.0 Å². The summed E-state index contributed by atoms with van der Waals surface area (Å²) in [6.07, 6.45) is 2.42. The topological polar surface area (TPSA) is 211 Å². The van der Waals surface area contributed by atoms with Gasteiger partial charge in [0.05, 0.1) is 6.04 Å². The van der Waals surface area contributed by atoms with Gasteiger partial charge in [0, 0.05) is 13.0 Å². The Labute approximate surface area is 181 Å². The minimum absolute atomic E-state index is 0.0429. The van der Waals surface area contributed by atoms with Crippen molar-refractivity contribution in [3.8, 4) is 0 Å². The van der Waals surface area contributed by atoms with Crippen LogP contribution in [-0.2, 0) is 24.0 Å². The lowest BCUT2D eigenvalue weighted by Gasteiger charge is -2.28. The summed E-state index contributed by atoms with van der Waals surface area (Å²) in [5, 5.41) is 14.4. The van der Waals surface area contributed by atoms with E-state index in [2.05, 4.69) is 10.6 Å². The first-order chi connectivity index (χ1) is 14.6. The van der Waals surface area contributed by atoms with E-state index in [0.717, 1.165) is 0 Å². The molecule has 0 bridgehead atoms. The molecule has 0 saturated carbocycles. The Morgan fingerprint density at radius 2 is 1.77 bits per heavy atom. The van der Waals surface area contributed by atoms with Gasteiger partial charge in [-0.3, -0.25) is 19.2 Å². The molecule has 9 N–H and O–H groups in total. The summed E-state index contributed by atoms with van der Waals surface area (Å²) in [6, 6.07) is -3.85. The van der Waals surface area contributed by atoms with Gasteiger partial charge in [0.15, 0.2) is 0 Å². The molecule has 0 aromatic carbocycles. The van der Waals surface area contributed by atoms with Gasteiger partial charge >= 0.3 is 5.97 Å². The number of likely N-dealkylation sites (tertiary alicyclic amines) is 1. The largest absolute Gasteiger partial charge is 0.480 e. The number of carbonyl (C=O) groups is 5. The van der Waals surface area contributed by atoms with Crippen LogP contribution in [0.15, 0.2) is 0 Å².